The maximum absolute atomic E-state index is 11.9. The lowest BCUT2D eigenvalue weighted by molar-refractivity contribution is -0.124. The minimum absolute atomic E-state index is 0.0591. The number of nitrogens with zero attached hydrogens (tertiary/aromatic N) is 1. The van der Waals surface area contributed by atoms with E-state index in [4.69, 9.17) is 0 Å². The van der Waals surface area contributed by atoms with Crippen molar-refractivity contribution in [1.82, 2.24) is 15.2 Å². The molecular weight excluding hydrogens is 226 g/mol. The van der Waals surface area contributed by atoms with Crippen molar-refractivity contribution in [1.29, 1.82) is 0 Å². The van der Waals surface area contributed by atoms with Crippen molar-refractivity contribution in [3.8, 4) is 0 Å². The fourth-order valence-corrected chi connectivity index (χ4v) is 2.60. The molecule has 1 amide bonds. The van der Waals surface area contributed by atoms with Gasteiger partial charge in [-0.1, -0.05) is 11.6 Å². The van der Waals surface area contributed by atoms with E-state index in [0.29, 0.717) is 6.54 Å². The van der Waals surface area contributed by atoms with Crippen LogP contribution < -0.4 is 10.6 Å². The number of carbonyl (C=O) groups is 1. The van der Waals surface area contributed by atoms with Crippen molar-refractivity contribution in [2.75, 3.05) is 13.1 Å². The molecule has 1 unspecified atom stereocenters. The van der Waals surface area contributed by atoms with Crippen molar-refractivity contribution >= 4 is 16.8 Å². The first-order chi connectivity index (χ1) is 8.66. The Labute approximate surface area is 106 Å². The molecule has 0 spiro atoms. The molecule has 0 bridgehead atoms. The van der Waals surface area contributed by atoms with Crippen molar-refractivity contribution in [2.45, 2.75) is 13.0 Å². The van der Waals surface area contributed by atoms with Gasteiger partial charge in [0.15, 0.2) is 0 Å². The van der Waals surface area contributed by atoms with Gasteiger partial charge in [0.1, 0.15) is 6.04 Å². The Morgan fingerprint density at radius 3 is 2.89 bits per heavy atom. The van der Waals surface area contributed by atoms with Crippen LogP contribution in [0.3, 0.4) is 0 Å². The van der Waals surface area contributed by atoms with E-state index in [2.05, 4.69) is 46.4 Å². The molecule has 3 rings (SSSR count). The number of piperazine rings is 1. The molecule has 2 heterocycles. The molecule has 1 aliphatic heterocycles. The molecule has 18 heavy (non-hydrogen) atoms. The van der Waals surface area contributed by atoms with E-state index in [1.165, 1.54) is 10.9 Å². The highest BCUT2D eigenvalue weighted by atomic mass is 16.2. The Bertz CT molecular complexity index is 615. The van der Waals surface area contributed by atoms with Crippen molar-refractivity contribution < 1.29 is 4.79 Å². The molecule has 1 saturated heterocycles. The lowest BCUT2D eigenvalue weighted by Gasteiger charge is -2.24. The lowest BCUT2D eigenvalue weighted by Crippen LogP contribution is -2.47. The fraction of sp³-hybridized carbons (Fsp3) is 0.357. The smallest absolute Gasteiger partial charge is 0.243 e. The van der Waals surface area contributed by atoms with Crippen LogP contribution in [0.5, 0.6) is 0 Å². The molecule has 2 aromatic rings. The van der Waals surface area contributed by atoms with Crippen LogP contribution in [0.25, 0.3) is 10.9 Å². The third-order valence-corrected chi connectivity index (χ3v) is 3.57. The van der Waals surface area contributed by atoms with E-state index in [9.17, 15) is 4.79 Å². The van der Waals surface area contributed by atoms with Crippen LogP contribution in [0.1, 0.15) is 17.3 Å². The Kier molecular flexibility index (Phi) is 2.59. The summed E-state index contributed by atoms with van der Waals surface area (Å²) < 4.78 is 2.09. The van der Waals surface area contributed by atoms with E-state index < -0.39 is 0 Å². The van der Waals surface area contributed by atoms with E-state index in [-0.39, 0.29) is 11.9 Å². The third kappa shape index (κ3) is 1.69. The molecule has 4 nitrogen and oxygen atoms in total. The van der Waals surface area contributed by atoms with Gasteiger partial charge in [-0.15, -0.1) is 0 Å². The number of nitrogens with one attached hydrogen (secondary N) is 2. The molecule has 1 aromatic carbocycles. The zero-order valence-corrected chi connectivity index (χ0v) is 10.7. The fourth-order valence-electron chi connectivity index (χ4n) is 2.60. The van der Waals surface area contributed by atoms with Gasteiger partial charge in [-0.3, -0.25) is 10.1 Å². The maximum Gasteiger partial charge on any atom is 0.243 e. The molecule has 2 N–H and O–H groups in total. The first-order valence-corrected chi connectivity index (χ1v) is 6.24. The number of fused-ring (bicyclic) bond motifs is 1. The Morgan fingerprint density at radius 2 is 2.11 bits per heavy atom. The number of carbonyl (C=O) groups excluding carboxylic acids is 1. The average Bonchev–Trinajstić information content (AvgIpc) is 2.67. The summed E-state index contributed by atoms with van der Waals surface area (Å²) in [4.78, 5) is 11.9. The maximum atomic E-state index is 11.9. The minimum atomic E-state index is -0.239. The summed E-state index contributed by atoms with van der Waals surface area (Å²) in [5, 5.41) is 7.36. The average molecular weight is 243 g/mol. The molecular formula is C14H17N3O. The minimum Gasteiger partial charge on any atom is -0.353 e. The molecule has 4 heteroatoms. The highest BCUT2D eigenvalue weighted by Crippen LogP contribution is 2.25. The quantitative estimate of drug-likeness (QED) is 0.791. The predicted octanol–water partition coefficient (Wildman–Crippen LogP) is 1.25. The zero-order chi connectivity index (χ0) is 12.7. The standard InChI is InChI=1S/C14H17N3O/c1-9-3-4-11-10(7-9)8-12(17(11)2)13-14(18)16-6-5-15-13/h3-4,7-8,13,15H,5-6H2,1-2H3,(H,16,18). The van der Waals surface area contributed by atoms with Gasteiger partial charge in [0.2, 0.25) is 5.91 Å². The zero-order valence-electron chi connectivity index (χ0n) is 10.7. The number of rotatable bonds is 1. The van der Waals surface area contributed by atoms with Gasteiger partial charge in [-0.25, -0.2) is 0 Å². The topological polar surface area (TPSA) is 46.1 Å². The monoisotopic (exact) mass is 243 g/mol. The lowest BCUT2D eigenvalue weighted by atomic mass is 10.1. The second kappa shape index (κ2) is 4.14. The summed E-state index contributed by atoms with van der Waals surface area (Å²) in [7, 11) is 2.01. The number of aryl methyl sites for hydroxylation is 2. The van der Waals surface area contributed by atoms with Gasteiger partial charge in [0.05, 0.1) is 0 Å². The van der Waals surface area contributed by atoms with Crippen LogP contribution in [0, 0.1) is 6.92 Å². The summed E-state index contributed by atoms with van der Waals surface area (Å²) in [6.45, 7) is 3.60. The Morgan fingerprint density at radius 1 is 1.28 bits per heavy atom. The van der Waals surface area contributed by atoms with E-state index in [1.807, 2.05) is 7.05 Å². The van der Waals surface area contributed by atoms with Crippen LogP contribution in [-0.4, -0.2) is 23.6 Å². The molecule has 0 aliphatic carbocycles. The molecule has 1 fully saturated rings. The number of aromatic nitrogens is 1. The molecule has 94 valence electrons. The van der Waals surface area contributed by atoms with Crippen LogP contribution in [-0.2, 0) is 11.8 Å². The van der Waals surface area contributed by atoms with Gasteiger partial charge in [-0.05, 0) is 25.1 Å². The first kappa shape index (κ1) is 11.3. The van der Waals surface area contributed by atoms with E-state index >= 15 is 0 Å². The SMILES string of the molecule is Cc1ccc2c(c1)cc(C1NCCNC1=O)n2C. The van der Waals surface area contributed by atoms with Gasteiger partial charge < -0.3 is 9.88 Å². The van der Waals surface area contributed by atoms with Gasteiger partial charge in [-0.2, -0.15) is 0 Å². The number of amides is 1. The van der Waals surface area contributed by atoms with Crippen molar-refractivity contribution in [3.63, 3.8) is 0 Å². The molecule has 0 radical (unpaired) electrons. The number of hydrogen-bond acceptors (Lipinski definition) is 2. The summed E-state index contributed by atoms with van der Waals surface area (Å²) >= 11 is 0. The van der Waals surface area contributed by atoms with Gasteiger partial charge in [0, 0.05) is 36.7 Å². The number of hydrogen-bond donors (Lipinski definition) is 2. The molecule has 1 aliphatic rings. The molecule has 1 aromatic heterocycles. The summed E-state index contributed by atoms with van der Waals surface area (Å²) in [5.41, 5.74) is 3.42. The Balaban J connectivity index is 2.11. The highest BCUT2D eigenvalue weighted by Gasteiger charge is 2.26. The van der Waals surface area contributed by atoms with Crippen LogP contribution in [0.2, 0.25) is 0 Å². The summed E-state index contributed by atoms with van der Waals surface area (Å²) in [6.07, 6.45) is 0. The second-order valence-electron chi connectivity index (χ2n) is 4.87. The summed E-state index contributed by atoms with van der Waals surface area (Å²) in [5.74, 6) is 0.0591. The Hall–Kier alpha value is -1.81. The van der Waals surface area contributed by atoms with Crippen molar-refractivity contribution in [3.05, 3.63) is 35.5 Å². The third-order valence-electron chi connectivity index (χ3n) is 3.57. The predicted molar refractivity (Wildman–Crippen MR) is 71.4 cm³/mol. The normalized spacial score (nSPS) is 20.1. The highest BCUT2D eigenvalue weighted by molar-refractivity contribution is 5.88. The van der Waals surface area contributed by atoms with E-state index in [1.54, 1.807) is 0 Å². The van der Waals surface area contributed by atoms with Crippen LogP contribution in [0.15, 0.2) is 24.3 Å². The largest absolute Gasteiger partial charge is 0.353 e. The van der Waals surface area contributed by atoms with Crippen LogP contribution in [0.4, 0.5) is 0 Å². The van der Waals surface area contributed by atoms with Crippen LogP contribution >= 0.6 is 0 Å². The number of benzene rings is 1. The molecule has 0 saturated carbocycles. The van der Waals surface area contributed by atoms with Gasteiger partial charge in [0.25, 0.3) is 0 Å². The van der Waals surface area contributed by atoms with E-state index in [0.717, 1.165) is 17.8 Å². The summed E-state index contributed by atoms with van der Waals surface area (Å²) in [6, 6.07) is 8.22. The van der Waals surface area contributed by atoms with Gasteiger partial charge >= 0.3 is 0 Å². The molecule has 1 atom stereocenters. The second-order valence-corrected chi connectivity index (χ2v) is 4.87. The first-order valence-electron chi connectivity index (χ1n) is 6.24. The van der Waals surface area contributed by atoms with Crippen molar-refractivity contribution in [2.24, 2.45) is 7.05 Å².